The Morgan fingerprint density at radius 3 is 2.57 bits per heavy atom. The van der Waals surface area contributed by atoms with Gasteiger partial charge >= 0.3 is 0 Å². The van der Waals surface area contributed by atoms with Gasteiger partial charge in [0.15, 0.2) is 0 Å². The quantitative estimate of drug-likeness (QED) is 0.696. The SMILES string of the molecule is C[C@@H]1CC2=CCC=C[C@]2(Cc2ccc(OCc3ccccc3)cc2)C(=O)N1C. The summed E-state index contributed by atoms with van der Waals surface area (Å²) >= 11 is 0. The minimum Gasteiger partial charge on any atom is -0.489 e. The number of carbonyl (C=O) groups excluding carboxylic acids is 1. The van der Waals surface area contributed by atoms with Gasteiger partial charge in [-0.15, -0.1) is 0 Å². The number of carbonyl (C=O) groups is 1. The van der Waals surface area contributed by atoms with E-state index in [0.717, 1.165) is 29.7 Å². The van der Waals surface area contributed by atoms with Gasteiger partial charge < -0.3 is 9.64 Å². The van der Waals surface area contributed by atoms with Gasteiger partial charge in [0.1, 0.15) is 12.4 Å². The van der Waals surface area contributed by atoms with Crippen molar-refractivity contribution in [2.45, 2.75) is 38.8 Å². The molecule has 1 heterocycles. The fourth-order valence-corrected chi connectivity index (χ4v) is 4.23. The third-order valence-electron chi connectivity index (χ3n) is 6.01. The van der Waals surface area contributed by atoms with Crippen LogP contribution >= 0.6 is 0 Å². The Labute approximate surface area is 167 Å². The Hall–Kier alpha value is -2.81. The summed E-state index contributed by atoms with van der Waals surface area (Å²) in [4.78, 5) is 15.1. The molecule has 1 aliphatic heterocycles. The molecule has 1 aliphatic carbocycles. The molecular formula is C25H27NO2. The Morgan fingerprint density at radius 1 is 1.07 bits per heavy atom. The lowest BCUT2D eigenvalue weighted by Crippen LogP contribution is -2.52. The molecule has 2 atom stereocenters. The van der Waals surface area contributed by atoms with Crippen LogP contribution in [0.3, 0.4) is 0 Å². The van der Waals surface area contributed by atoms with Crippen molar-refractivity contribution in [3.05, 3.63) is 89.5 Å². The zero-order chi connectivity index (χ0) is 19.6. The summed E-state index contributed by atoms with van der Waals surface area (Å²) in [5, 5.41) is 0. The highest BCUT2D eigenvalue weighted by atomic mass is 16.5. The normalized spacial score (nSPS) is 23.9. The first-order valence-corrected chi connectivity index (χ1v) is 9.98. The van der Waals surface area contributed by atoms with Crippen molar-refractivity contribution in [2.75, 3.05) is 7.05 Å². The van der Waals surface area contributed by atoms with Crippen LogP contribution in [-0.4, -0.2) is 23.9 Å². The molecule has 0 aromatic heterocycles. The van der Waals surface area contributed by atoms with Crippen molar-refractivity contribution in [1.82, 2.24) is 4.90 Å². The highest BCUT2D eigenvalue weighted by Crippen LogP contribution is 2.44. The molecule has 0 spiro atoms. The van der Waals surface area contributed by atoms with E-state index in [9.17, 15) is 4.79 Å². The third-order valence-corrected chi connectivity index (χ3v) is 6.01. The van der Waals surface area contributed by atoms with Crippen LogP contribution < -0.4 is 4.74 Å². The van der Waals surface area contributed by atoms with E-state index in [1.54, 1.807) is 0 Å². The average Bonchev–Trinajstić information content (AvgIpc) is 2.73. The number of piperidine rings is 1. The highest BCUT2D eigenvalue weighted by Gasteiger charge is 2.47. The lowest BCUT2D eigenvalue weighted by atomic mass is 9.67. The van der Waals surface area contributed by atoms with E-state index in [0.29, 0.717) is 13.0 Å². The van der Waals surface area contributed by atoms with Gasteiger partial charge in [0.25, 0.3) is 0 Å². The van der Waals surface area contributed by atoms with E-state index in [1.165, 1.54) is 5.57 Å². The van der Waals surface area contributed by atoms with Gasteiger partial charge in [-0.05, 0) is 49.4 Å². The second-order valence-corrected chi connectivity index (χ2v) is 7.90. The van der Waals surface area contributed by atoms with Crippen molar-refractivity contribution < 1.29 is 9.53 Å². The number of ether oxygens (including phenoxy) is 1. The summed E-state index contributed by atoms with van der Waals surface area (Å²) in [6, 6.07) is 18.6. The lowest BCUT2D eigenvalue weighted by molar-refractivity contribution is -0.140. The molecule has 2 aromatic rings. The maximum absolute atomic E-state index is 13.2. The molecule has 28 heavy (non-hydrogen) atoms. The molecule has 1 amide bonds. The van der Waals surface area contributed by atoms with E-state index in [1.807, 2.05) is 42.3 Å². The average molecular weight is 373 g/mol. The first kappa shape index (κ1) is 18.5. The molecule has 0 saturated carbocycles. The number of rotatable bonds is 5. The Kier molecular flexibility index (Phi) is 5.08. The molecule has 0 bridgehead atoms. The summed E-state index contributed by atoms with van der Waals surface area (Å²) in [5.74, 6) is 1.05. The smallest absolute Gasteiger partial charge is 0.237 e. The van der Waals surface area contributed by atoms with Gasteiger partial charge in [-0.2, -0.15) is 0 Å². The number of amides is 1. The van der Waals surface area contributed by atoms with Gasteiger partial charge in [-0.3, -0.25) is 4.79 Å². The monoisotopic (exact) mass is 373 g/mol. The van der Waals surface area contributed by atoms with Gasteiger partial charge in [0.2, 0.25) is 5.91 Å². The Bertz CT molecular complexity index is 898. The van der Waals surface area contributed by atoms with E-state index in [4.69, 9.17) is 4.74 Å². The summed E-state index contributed by atoms with van der Waals surface area (Å²) in [6.45, 7) is 2.68. The van der Waals surface area contributed by atoms with Crippen molar-refractivity contribution >= 4 is 5.91 Å². The molecule has 1 saturated heterocycles. The second kappa shape index (κ2) is 7.67. The van der Waals surface area contributed by atoms with Crippen LogP contribution in [0.4, 0.5) is 0 Å². The summed E-state index contributed by atoms with van der Waals surface area (Å²) < 4.78 is 5.89. The van der Waals surface area contributed by atoms with E-state index in [-0.39, 0.29) is 11.9 Å². The Morgan fingerprint density at radius 2 is 1.82 bits per heavy atom. The Balaban J connectivity index is 1.50. The molecule has 3 nitrogen and oxygen atoms in total. The predicted octanol–water partition coefficient (Wildman–Crippen LogP) is 4.93. The van der Waals surface area contributed by atoms with Gasteiger partial charge in [0.05, 0.1) is 5.41 Å². The van der Waals surface area contributed by atoms with Gasteiger partial charge in [-0.1, -0.05) is 66.3 Å². The predicted molar refractivity (Wildman–Crippen MR) is 112 cm³/mol. The molecule has 1 fully saturated rings. The van der Waals surface area contributed by atoms with E-state index >= 15 is 0 Å². The largest absolute Gasteiger partial charge is 0.489 e. The molecule has 0 radical (unpaired) electrons. The fourth-order valence-electron chi connectivity index (χ4n) is 4.23. The van der Waals surface area contributed by atoms with Crippen LogP contribution in [0.15, 0.2) is 78.4 Å². The number of likely N-dealkylation sites (tertiary alicyclic amines) is 1. The van der Waals surface area contributed by atoms with Crippen LogP contribution in [-0.2, 0) is 17.8 Å². The number of fused-ring (bicyclic) bond motifs is 1. The van der Waals surface area contributed by atoms with Crippen LogP contribution in [0.2, 0.25) is 0 Å². The number of benzene rings is 2. The van der Waals surface area contributed by atoms with Gasteiger partial charge in [-0.25, -0.2) is 0 Å². The van der Waals surface area contributed by atoms with Crippen LogP contribution in [0, 0.1) is 5.41 Å². The lowest BCUT2D eigenvalue weighted by Gasteiger charge is -2.45. The van der Waals surface area contributed by atoms with Crippen LogP contribution in [0.5, 0.6) is 5.75 Å². The summed E-state index contributed by atoms with van der Waals surface area (Å²) in [6.07, 6.45) is 9.08. The van der Waals surface area contributed by atoms with Crippen molar-refractivity contribution in [2.24, 2.45) is 5.41 Å². The molecule has 2 aromatic carbocycles. The molecule has 2 aliphatic rings. The fraction of sp³-hybridized carbons (Fsp3) is 0.320. The number of allylic oxidation sites excluding steroid dienone is 2. The number of hydrogen-bond donors (Lipinski definition) is 0. The number of hydrogen-bond acceptors (Lipinski definition) is 2. The summed E-state index contributed by atoms with van der Waals surface area (Å²) in [7, 11) is 1.93. The molecule has 0 N–H and O–H groups in total. The van der Waals surface area contributed by atoms with E-state index < -0.39 is 5.41 Å². The molecule has 144 valence electrons. The van der Waals surface area contributed by atoms with Crippen molar-refractivity contribution in [3.63, 3.8) is 0 Å². The molecule has 3 heteroatoms. The maximum Gasteiger partial charge on any atom is 0.237 e. The summed E-state index contributed by atoms with van der Waals surface area (Å²) in [5.41, 5.74) is 3.06. The van der Waals surface area contributed by atoms with Crippen LogP contribution in [0.25, 0.3) is 0 Å². The highest BCUT2D eigenvalue weighted by molar-refractivity contribution is 5.90. The standard InChI is InChI=1S/C25H27NO2/c1-19-16-22-10-6-7-15-25(22,24(27)26(19)2)17-20-11-13-23(14-12-20)28-18-21-8-4-3-5-9-21/h3-5,7-15,19H,6,16-18H2,1-2H3/t19-,25-/m1/s1. The van der Waals surface area contributed by atoms with E-state index in [2.05, 4.69) is 49.4 Å². The van der Waals surface area contributed by atoms with Crippen molar-refractivity contribution in [1.29, 1.82) is 0 Å². The molecule has 0 unspecified atom stereocenters. The maximum atomic E-state index is 13.2. The zero-order valence-electron chi connectivity index (χ0n) is 16.6. The third kappa shape index (κ3) is 3.49. The van der Waals surface area contributed by atoms with Crippen LogP contribution in [0.1, 0.15) is 30.9 Å². The minimum absolute atomic E-state index is 0.206. The topological polar surface area (TPSA) is 29.5 Å². The number of nitrogens with zero attached hydrogens (tertiary/aromatic N) is 1. The minimum atomic E-state index is -0.522. The molecular weight excluding hydrogens is 346 g/mol. The second-order valence-electron chi connectivity index (χ2n) is 7.90. The van der Waals surface area contributed by atoms with Crippen molar-refractivity contribution in [3.8, 4) is 5.75 Å². The zero-order valence-corrected chi connectivity index (χ0v) is 16.6. The first-order chi connectivity index (χ1) is 13.6. The van der Waals surface area contributed by atoms with Gasteiger partial charge in [0, 0.05) is 13.1 Å². The molecule has 4 rings (SSSR count). The first-order valence-electron chi connectivity index (χ1n) is 9.98.